The summed E-state index contributed by atoms with van der Waals surface area (Å²) in [4.78, 5) is 16.9. The zero-order valence-corrected chi connectivity index (χ0v) is 14.9. The van der Waals surface area contributed by atoms with Crippen LogP contribution < -0.4 is 14.8 Å². The smallest absolute Gasteiger partial charge is 0.270 e. The summed E-state index contributed by atoms with van der Waals surface area (Å²) in [5, 5.41) is 6.13. The lowest BCUT2D eigenvalue weighted by Crippen LogP contribution is -2.40. The maximum absolute atomic E-state index is 12.5. The molecule has 27 heavy (non-hydrogen) atoms. The van der Waals surface area contributed by atoms with Crippen molar-refractivity contribution >= 4 is 33.3 Å². The summed E-state index contributed by atoms with van der Waals surface area (Å²) in [5.41, 5.74) is 1.48. The quantitative estimate of drug-likeness (QED) is 0.574. The third kappa shape index (κ3) is 3.02. The van der Waals surface area contributed by atoms with Crippen molar-refractivity contribution in [3.8, 4) is 23.0 Å². The van der Waals surface area contributed by atoms with E-state index < -0.39 is 6.10 Å². The van der Waals surface area contributed by atoms with Crippen LogP contribution in [-0.2, 0) is 4.79 Å². The number of nitrogens with one attached hydrogen (secondary N) is 1. The number of benzene rings is 2. The molecule has 0 radical (unpaired) electrons. The third-order valence-corrected chi connectivity index (χ3v) is 4.97. The standard InChI is InChI=1S/C20H14N2O4S/c23-19(18-10-24-15-7-3-4-8-16(15)26-18)22-20-21-13(11-27-20)17-9-12-5-1-2-6-14(12)25-17/h1-9,11,18H,10H2,(H,21,22,23). The third-order valence-electron chi connectivity index (χ3n) is 4.21. The lowest BCUT2D eigenvalue weighted by Gasteiger charge is -2.25. The Hall–Kier alpha value is -3.32. The number of hydrogen-bond donors (Lipinski definition) is 1. The van der Waals surface area contributed by atoms with Crippen molar-refractivity contribution in [2.45, 2.75) is 6.10 Å². The van der Waals surface area contributed by atoms with Gasteiger partial charge < -0.3 is 13.9 Å². The van der Waals surface area contributed by atoms with E-state index in [1.807, 2.05) is 53.9 Å². The van der Waals surface area contributed by atoms with Gasteiger partial charge in [-0.05, 0) is 24.3 Å². The summed E-state index contributed by atoms with van der Waals surface area (Å²) in [5.74, 6) is 1.57. The molecule has 0 saturated carbocycles. The minimum absolute atomic E-state index is 0.157. The number of carbonyl (C=O) groups is 1. The summed E-state index contributed by atoms with van der Waals surface area (Å²) >= 11 is 1.33. The molecule has 0 fully saturated rings. The fourth-order valence-corrected chi connectivity index (χ4v) is 3.59. The highest BCUT2D eigenvalue weighted by molar-refractivity contribution is 7.14. The Bertz CT molecular complexity index is 1100. The minimum Gasteiger partial charge on any atom is -0.485 e. The van der Waals surface area contributed by atoms with E-state index >= 15 is 0 Å². The van der Waals surface area contributed by atoms with Gasteiger partial charge in [0.2, 0.25) is 6.10 Å². The largest absolute Gasteiger partial charge is 0.485 e. The van der Waals surface area contributed by atoms with Gasteiger partial charge in [-0.15, -0.1) is 11.3 Å². The predicted octanol–water partition coefficient (Wildman–Crippen LogP) is 4.33. The van der Waals surface area contributed by atoms with Crippen LogP contribution in [0.25, 0.3) is 22.4 Å². The zero-order valence-electron chi connectivity index (χ0n) is 14.0. The number of rotatable bonds is 3. The number of thiazole rings is 1. The number of fused-ring (bicyclic) bond motifs is 2. The number of carbonyl (C=O) groups excluding carboxylic acids is 1. The Morgan fingerprint density at radius 1 is 1.11 bits per heavy atom. The Morgan fingerprint density at radius 2 is 1.93 bits per heavy atom. The number of aromatic nitrogens is 1. The molecule has 134 valence electrons. The highest BCUT2D eigenvalue weighted by Gasteiger charge is 2.28. The first-order chi connectivity index (χ1) is 13.3. The van der Waals surface area contributed by atoms with Crippen LogP contribution in [0.3, 0.4) is 0 Å². The number of ether oxygens (including phenoxy) is 2. The molecular formula is C20H14N2O4S. The molecule has 2 aromatic heterocycles. The average Bonchev–Trinajstić information content (AvgIpc) is 3.34. The second kappa shape index (κ2) is 6.44. The minimum atomic E-state index is -0.724. The highest BCUT2D eigenvalue weighted by atomic mass is 32.1. The van der Waals surface area contributed by atoms with Crippen LogP contribution in [0.1, 0.15) is 0 Å². The lowest BCUT2D eigenvalue weighted by atomic mass is 10.2. The number of para-hydroxylation sites is 3. The molecule has 0 saturated heterocycles. The first kappa shape index (κ1) is 15.9. The van der Waals surface area contributed by atoms with Crippen LogP contribution in [0.5, 0.6) is 11.5 Å². The van der Waals surface area contributed by atoms with Crippen LogP contribution in [0, 0.1) is 0 Å². The molecule has 7 heteroatoms. The van der Waals surface area contributed by atoms with E-state index in [-0.39, 0.29) is 12.5 Å². The van der Waals surface area contributed by atoms with Crippen molar-refractivity contribution in [2.75, 3.05) is 11.9 Å². The van der Waals surface area contributed by atoms with Gasteiger partial charge in [0.05, 0.1) is 0 Å². The molecular weight excluding hydrogens is 364 g/mol. The van der Waals surface area contributed by atoms with Crippen molar-refractivity contribution in [2.24, 2.45) is 0 Å². The van der Waals surface area contributed by atoms with Gasteiger partial charge in [-0.25, -0.2) is 4.98 Å². The number of hydrogen-bond acceptors (Lipinski definition) is 6. The summed E-state index contributed by atoms with van der Waals surface area (Å²) in [6.45, 7) is 0.157. The maximum Gasteiger partial charge on any atom is 0.270 e. The fourth-order valence-electron chi connectivity index (χ4n) is 2.89. The van der Waals surface area contributed by atoms with Crippen molar-refractivity contribution in [1.29, 1.82) is 0 Å². The summed E-state index contributed by atoms with van der Waals surface area (Å²) in [7, 11) is 0. The van der Waals surface area contributed by atoms with Gasteiger partial charge in [-0.2, -0.15) is 0 Å². The Balaban J connectivity index is 1.31. The van der Waals surface area contributed by atoms with Crippen molar-refractivity contribution in [1.82, 2.24) is 4.98 Å². The van der Waals surface area contributed by atoms with Crippen molar-refractivity contribution in [3.05, 3.63) is 60.0 Å². The molecule has 2 aromatic carbocycles. The molecule has 0 spiro atoms. The van der Waals surface area contributed by atoms with Crippen LogP contribution in [0.15, 0.2) is 64.4 Å². The molecule has 1 amide bonds. The average molecular weight is 378 g/mol. The van der Waals surface area contributed by atoms with E-state index in [4.69, 9.17) is 13.9 Å². The lowest BCUT2D eigenvalue weighted by molar-refractivity contribution is -0.125. The molecule has 6 nitrogen and oxygen atoms in total. The normalized spacial score (nSPS) is 15.6. The van der Waals surface area contributed by atoms with Crippen molar-refractivity contribution < 1.29 is 18.7 Å². The van der Waals surface area contributed by atoms with Crippen LogP contribution in [0.2, 0.25) is 0 Å². The van der Waals surface area contributed by atoms with Gasteiger partial charge in [-0.3, -0.25) is 10.1 Å². The SMILES string of the molecule is O=C(Nc1nc(-c2cc3ccccc3o2)cs1)C1COc2ccccc2O1. The van der Waals surface area contributed by atoms with Gasteiger partial charge >= 0.3 is 0 Å². The molecule has 3 heterocycles. The number of amides is 1. The van der Waals surface area contributed by atoms with Gasteiger partial charge in [-0.1, -0.05) is 30.3 Å². The Morgan fingerprint density at radius 3 is 2.81 bits per heavy atom. The number of furan rings is 1. The van der Waals surface area contributed by atoms with Gasteiger partial charge in [0, 0.05) is 10.8 Å². The number of anilines is 1. The van der Waals surface area contributed by atoms with Gasteiger partial charge in [0.15, 0.2) is 22.4 Å². The molecule has 0 bridgehead atoms. The molecule has 1 unspecified atom stereocenters. The Labute approximate surface area is 158 Å². The second-order valence-electron chi connectivity index (χ2n) is 6.04. The predicted molar refractivity (Wildman–Crippen MR) is 102 cm³/mol. The molecule has 5 rings (SSSR count). The van der Waals surface area contributed by atoms with E-state index in [0.717, 1.165) is 11.0 Å². The molecule has 1 N–H and O–H groups in total. The van der Waals surface area contributed by atoms with Crippen LogP contribution in [-0.4, -0.2) is 23.6 Å². The molecule has 1 atom stereocenters. The van der Waals surface area contributed by atoms with E-state index in [2.05, 4.69) is 10.3 Å². The van der Waals surface area contributed by atoms with E-state index in [1.165, 1.54) is 11.3 Å². The molecule has 0 aliphatic carbocycles. The van der Waals surface area contributed by atoms with Gasteiger partial charge in [0.25, 0.3) is 5.91 Å². The second-order valence-corrected chi connectivity index (χ2v) is 6.90. The topological polar surface area (TPSA) is 73.6 Å². The Kier molecular flexibility index (Phi) is 3.79. The summed E-state index contributed by atoms with van der Waals surface area (Å²) < 4.78 is 17.1. The molecule has 1 aliphatic rings. The first-order valence-corrected chi connectivity index (χ1v) is 9.28. The maximum atomic E-state index is 12.5. The summed E-state index contributed by atoms with van der Waals surface area (Å²) in [6.07, 6.45) is -0.724. The van der Waals surface area contributed by atoms with Gasteiger partial charge in [0.1, 0.15) is 17.9 Å². The first-order valence-electron chi connectivity index (χ1n) is 8.40. The molecule has 1 aliphatic heterocycles. The van der Waals surface area contributed by atoms with E-state index in [1.54, 1.807) is 6.07 Å². The van der Waals surface area contributed by atoms with Crippen LogP contribution >= 0.6 is 11.3 Å². The van der Waals surface area contributed by atoms with Crippen LogP contribution in [0.4, 0.5) is 5.13 Å². The number of nitrogens with zero attached hydrogens (tertiary/aromatic N) is 1. The van der Waals surface area contributed by atoms with E-state index in [0.29, 0.717) is 28.1 Å². The van der Waals surface area contributed by atoms with E-state index in [9.17, 15) is 4.79 Å². The van der Waals surface area contributed by atoms with Crippen molar-refractivity contribution in [3.63, 3.8) is 0 Å². The summed E-state index contributed by atoms with van der Waals surface area (Å²) in [6, 6.07) is 17.0. The highest BCUT2D eigenvalue weighted by Crippen LogP contribution is 2.32. The monoisotopic (exact) mass is 378 g/mol. The molecule has 4 aromatic rings. The zero-order chi connectivity index (χ0) is 18.2. The fraction of sp³-hybridized carbons (Fsp3) is 0.100.